The quantitative estimate of drug-likeness (QED) is 0.477. The molecule has 0 spiro atoms. The second-order valence-corrected chi connectivity index (χ2v) is 4.11. The summed E-state index contributed by atoms with van der Waals surface area (Å²) >= 11 is 0. The lowest BCUT2D eigenvalue weighted by Crippen LogP contribution is -2.52. The fourth-order valence-corrected chi connectivity index (χ4v) is 1.44. The number of ether oxygens (including phenoxy) is 1. The Labute approximate surface area is 80.1 Å². The van der Waals surface area contributed by atoms with E-state index in [2.05, 4.69) is 20.8 Å². The summed E-state index contributed by atoms with van der Waals surface area (Å²) in [4.78, 5) is 12.9. The van der Waals surface area contributed by atoms with Gasteiger partial charge in [-0.15, -0.1) is 0 Å². The highest BCUT2D eigenvalue weighted by Crippen LogP contribution is 2.17. The SMILES string of the molecule is CC(C)COCCN1C(=O)CC1C. The van der Waals surface area contributed by atoms with Gasteiger partial charge in [-0.05, 0) is 12.8 Å². The minimum Gasteiger partial charge on any atom is -0.379 e. The van der Waals surface area contributed by atoms with Crippen LogP contribution < -0.4 is 0 Å². The number of amides is 1. The smallest absolute Gasteiger partial charge is 0.224 e. The summed E-state index contributed by atoms with van der Waals surface area (Å²) in [7, 11) is 0. The number of hydrogen-bond acceptors (Lipinski definition) is 2. The predicted octanol–water partition coefficient (Wildman–Crippen LogP) is 1.28. The number of likely N-dealkylation sites (tertiary alicyclic amines) is 1. The third-order valence-electron chi connectivity index (χ3n) is 2.25. The van der Waals surface area contributed by atoms with Gasteiger partial charge in [-0.3, -0.25) is 4.79 Å². The summed E-state index contributed by atoms with van der Waals surface area (Å²) in [6, 6.07) is 0.426. The highest BCUT2D eigenvalue weighted by atomic mass is 16.5. The van der Waals surface area contributed by atoms with Crippen LogP contribution in [0.1, 0.15) is 27.2 Å². The average Bonchev–Trinajstić information content (AvgIpc) is 2.03. The molecule has 0 aromatic heterocycles. The van der Waals surface area contributed by atoms with Crippen molar-refractivity contribution in [3.8, 4) is 0 Å². The number of carbonyl (C=O) groups excluding carboxylic acids is 1. The van der Waals surface area contributed by atoms with Gasteiger partial charge in [-0.1, -0.05) is 13.8 Å². The Morgan fingerprint density at radius 3 is 2.77 bits per heavy atom. The van der Waals surface area contributed by atoms with E-state index in [1.54, 1.807) is 0 Å². The van der Waals surface area contributed by atoms with Crippen molar-refractivity contribution in [3.05, 3.63) is 0 Å². The molecule has 13 heavy (non-hydrogen) atoms. The molecule has 0 aromatic rings. The molecule has 1 amide bonds. The van der Waals surface area contributed by atoms with E-state index in [4.69, 9.17) is 4.74 Å². The van der Waals surface area contributed by atoms with Gasteiger partial charge in [0.05, 0.1) is 6.61 Å². The maximum Gasteiger partial charge on any atom is 0.224 e. The van der Waals surface area contributed by atoms with Crippen LogP contribution in [0.5, 0.6) is 0 Å². The number of β-lactam (4-membered cyclic amide) rings is 1. The summed E-state index contributed by atoms with van der Waals surface area (Å²) in [5.74, 6) is 0.838. The Morgan fingerprint density at radius 2 is 2.31 bits per heavy atom. The van der Waals surface area contributed by atoms with Crippen LogP contribution in [0.15, 0.2) is 0 Å². The molecule has 1 fully saturated rings. The molecule has 3 heteroatoms. The molecule has 1 saturated heterocycles. The van der Waals surface area contributed by atoms with Crippen LogP contribution in [0.3, 0.4) is 0 Å². The van der Waals surface area contributed by atoms with E-state index in [0.717, 1.165) is 13.2 Å². The molecule has 0 radical (unpaired) electrons. The zero-order valence-corrected chi connectivity index (χ0v) is 8.75. The molecule has 1 aliphatic rings. The van der Waals surface area contributed by atoms with Crippen LogP contribution in [0.25, 0.3) is 0 Å². The fourth-order valence-electron chi connectivity index (χ4n) is 1.44. The molecular formula is C10H19NO2. The molecule has 1 atom stereocenters. The van der Waals surface area contributed by atoms with Gasteiger partial charge in [0.1, 0.15) is 0 Å². The van der Waals surface area contributed by atoms with Crippen LogP contribution in [-0.4, -0.2) is 36.6 Å². The minimum absolute atomic E-state index is 0.264. The highest BCUT2D eigenvalue weighted by Gasteiger charge is 2.31. The Bertz CT molecular complexity index is 180. The molecule has 1 rings (SSSR count). The van der Waals surface area contributed by atoms with Crippen molar-refractivity contribution in [2.24, 2.45) is 5.92 Å². The summed E-state index contributed by atoms with van der Waals surface area (Å²) in [6.45, 7) is 8.54. The monoisotopic (exact) mass is 185 g/mol. The largest absolute Gasteiger partial charge is 0.379 e. The van der Waals surface area contributed by atoms with Gasteiger partial charge in [0.25, 0.3) is 0 Å². The van der Waals surface area contributed by atoms with E-state index < -0.39 is 0 Å². The predicted molar refractivity (Wildman–Crippen MR) is 51.4 cm³/mol. The van der Waals surface area contributed by atoms with Crippen LogP contribution in [0.4, 0.5) is 0 Å². The summed E-state index contributed by atoms with van der Waals surface area (Å²) in [6.07, 6.45) is 0.712. The van der Waals surface area contributed by atoms with Crippen molar-refractivity contribution >= 4 is 5.91 Å². The molecule has 3 nitrogen and oxygen atoms in total. The number of carbonyl (C=O) groups is 1. The van der Waals surface area contributed by atoms with E-state index >= 15 is 0 Å². The third kappa shape index (κ3) is 2.99. The lowest BCUT2D eigenvalue weighted by molar-refractivity contribution is -0.146. The van der Waals surface area contributed by atoms with Gasteiger partial charge in [-0.2, -0.15) is 0 Å². The van der Waals surface area contributed by atoms with Crippen molar-refractivity contribution in [3.63, 3.8) is 0 Å². The van der Waals surface area contributed by atoms with Gasteiger partial charge in [-0.25, -0.2) is 0 Å². The molecular weight excluding hydrogens is 166 g/mol. The number of nitrogens with zero attached hydrogens (tertiary/aromatic N) is 1. The van der Waals surface area contributed by atoms with E-state index in [9.17, 15) is 4.79 Å². The van der Waals surface area contributed by atoms with Gasteiger partial charge in [0.15, 0.2) is 0 Å². The average molecular weight is 185 g/mol. The van der Waals surface area contributed by atoms with Crippen molar-refractivity contribution in [1.82, 2.24) is 4.90 Å². The summed E-state index contributed by atoms with van der Waals surface area (Å²) in [5, 5.41) is 0. The fraction of sp³-hybridized carbons (Fsp3) is 0.900. The maximum absolute atomic E-state index is 11.0. The van der Waals surface area contributed by atoms with Crippen LogP contribution >= 0.6 is 0 Å². The zero-order chi connectivity index (χ0) is 9.84. The first-order valence-electron chi connectivity index (χ1n) is 4.98. The van der Waals surface area contributed by atoms with Gasteiger partial charge in [0.2, 0.25) is 5.91 Å². The normalized spacial score (nSPS) is 22.3. The molecule has 0 N–H and O–H groups in total. The lowest BCUT2D eigenvalue weighted by Gasteiger charge is -2.38. The molecule has 0 bridgehead atoms. The van der Waals surface area contributed by atoms with Gasteiger partial charge in [0, 0.05) is 25.6 Å². The van der Waals surface area contributed by atoms with Crippen LogP contribution in [0, 0.1) is 5.92 Å². The van der Waals surface area contributed by atoms with Gasteiger partial charge >= 0.3 is 0 Å². The van der Waals surface area contributed by atoms with Crippen molar-refractivity contribution in [1.29, 1.82) is 0 Å². The molecule has 0 saturated carbocycles. The van der Waals surface area contributed by atoms with Gasteiger partial charge < -0.3 is 9.64 Å². The zero-order valence-electron chi connectivity index (χ0n) is 8.75. The molecule has 76 valence electrons. The second-order valence-electron chi connectivity index (χ2n) is 4.11. The minimum atomic E-state index is 0.264. The van der Waals surface area contributed by atoms with E-state index in [1.165, 1.54) is 0 Å². The Morgan fingerprint density at radius 1 is 1.62 bits per heavy atom. The van der Waals surface area contributed by atoms with Crippen LogP contribution in [-0.2, 0) is 9.53 Å². The van der Waals surface area contributed by atoms with Crippen molar-refractivity contribution in [2.75, 3.05) is 19.8 Å². The third-order valence-corrected chi connectivity index (χ3v) is 2.25. The first-order chi connectivity index (χ1) is 6.11. The van der Waals surface area contributed by atoms with E-state index in [0.29, 0.717) is 25.0 Å². The molecule has 0 aromatic carbocycles. The standard InChI is InChI=1S/C10H19NO2/c1-8(2)7-13-5-4-11-9(3)6-10(11)12/h8-9H,4-7H2,1-3H3. The molecule has 1 heterocycles. The summed E-state index contributed by atoms with van der Waals surface area (Å²) < 4.78 is 5.40. The summed E-state index contributed by atoms with van der Waals surface area (Å²) in [5.41, 5.74) is 0. The topological polar surface area (TPSA) is 29.5 Å². The van der Waals surface area contributed by atoms with Crippen molar-refractivity contribution < 1.29 is 9.53 Å². The molecule has 0 aliphatic carbocycles. The van der Waals surface area contributed by atoms with Crippen molar-refractivity contribution in [2.45, 2.75) is 33.2 Å². The number of hydrogen-bond donors (Lipinski definition) is 0. The van der Waals surface area contributed by atoms with E-state index in [-0.39, 0.29) is 5.91 Å². The second kappa shape index (κ2) is 4.61. The maximum atomic E-state index is 11.0. The van der Waals surface area contributed by atoms with E-state index in [1.807, 2.05) is 4.90 Å². The first-order valence-corrected chi connectivity index (χ1v) is 4.98. The molecule has 1 unspecified atom stereocenters. The Hall–Kier alpha value is -0.570. The lowest BCUT2D eigenvalue weighted by atomic mass is 10.1. The van der Waals surface area contributed by atoms with Crippen LogP contribution in [0.2, 0.25) is 0 Å². The Balaban J connectivity index is 2.02. The molecule has 1 aliphatic heterocycles. The highest BCUT2D eigenvalue weighted by molar-refractivity contribution is 5.82. The number of rotatable bonds is 5. The first kappa shape index (κ1) is 10.5. The Kier molecular flexibility index (Phi) is 3.72.